The monoisotopic (exact) mass is 299 g/mol. The van der Waals surface area contributed by atoms with Crippen molar-refractivity contribution in [2.75, 3.05) is 25.2 Å². The van der Waals surface area contributed by atoms with Crippen LogP contribution in [0.3, 0.4) is 0 Å². The normalized spacial score (nSPS) is 15.1. The molecule has 4 heteroatoms. The summed E-state index contributed by atoms with van der Waals surface area (Å²) in [6, 6.07) is 4.59. The number of rotatable bonds is 7. The molecule has 0 spiro atoms. The van der Waals surface area contributed by atoms with Gasteiger partial charge in [-0.05, 0) is 48.9 Å². The highest BCUT2D eigenvalue weighted by Crippen LogP contribution is 2.33. The molecule has 0 fully saturated rings. The number of ether oxygens (including phenoxy) is 1. The van der Waals surface area contributed by atoms with E-state index in [0.717, 1.165) is 48.9 Å². The van der Waals surface area contributed by atoms with Crippen LogP contribution in [0.2, 0.25) is 5.02 Å². The first-order chi connectivity index (χ1) is 9.24. The molecule has 1 heterocycles. The minimum Gasteiger partial charge on any atom is -0.493 e. The number of fused-ring (bicyclic) bond motifs is 1. The Morgan fingerprint density at radius 2 is 2.32 bits per heavy atom. The van der Waals surface area contributed by atoms with Gasteiger partial charge in [-0.15, -0.1) is 0 Å². The van der Waals surface area contributed by atoms with E-state index < -0.39 is 0 Å². The zero-order valence-electron chi connectivity index (χ0n) is 11.7. The van der Waals surface area contributed by atoms with Crippen LogP contribution in [0.5, 0.6) is 5.75 Å². The van der Waals surface area contributed by atoms with Gasteiger partial charge in [-0.1, -0.05) is 18.5 Å². The Morgan fingerprint density at radius 3 is 3.05 bits per heavy atom. The van der Waals surface area contributed by atoms with E-state index in [9.17, 15) is 0 Å². The summed E-state index contributed by atoms with van der Waals surface area (Å²) < 4.78 is 5.77. The lowest BCUT2D eigenvalue weighted by Crippen LogP contribution is -2.34. The maximum atomic E-state index is 6.21. The molecule has 1 N–H and O–H groups in total. The lowest BCUT2D eigenvalue weighted by atomic mass is 10.0. The van der Waals surface area contributed by atoms with Crippen LogP contribution in [-0.4, -0.2) is 31.2 Å². The van der Waals surface area contributed by atoms with Gasteiger partial charge in [0.15, 0.2) is 0 Å². The Bertz CT molecular complexity index is 425. The van der Waals surface area contributed by atoms with Gasteiger partial charge in [-0.25, -0.2) is 0 Å². The second-order valence-electron chi connectivity index (χ2n) is 4.96. The number of halogens is 1. The average molecular weight is 300 g/mol. The smallest absolute Gasteiger partial charge is 0.125 e. The van der Waals surface area contributed by atoms with Crippen molar-refractivity contribution in [2.45, 2.75) is 32.2 Å². The van der Waals surface area contributed by atoms with Crippen LogP contribution in [0.15, 0.2) is 12.1 Å². The van der Waals surface area contributed by atoms with Crippen molar-refractivity contribution >= 4 is 23.4 Å². The number of thioether (sulfide) groups is 1. The molecule has 2 nitrogen and oxygen atoms in total. The van der Waals surface area contributed by atoms with E-state index in [4.69, 9.17) is 16.3 Å². The highest BCUT2D eigenvalue weighted by atomic mass is 35.5. The van der Waals surface area contributed by atoms with E-state index in [1.54, 1.807) is 0 Å². The van der Waals surface area contributed by atoms with Crippen LogP contribution in [0.4, 0.5) is 0 Å². The lowest BCUT2D eigenvalue weighted by molar-refractivity contribution is 0.352. The van der Waals surface area contributed by atoms with Crippen LogP contribution in [0.25, 0.3) is 0 Å². The van der Waals surface area contributed by atoms with Crippen LogP contribution >= 0.6 is 23.4 Å². The second kappa shape index (κ2) is 7.41. The van der Waals surface area contributed by atoms with Gasteiger partial charge < -0.3 is 10.1 Å². The fourth-order valence-corrected chi connectivity index (χ4v) is 3.40. The van der Waals surface area contributed by atoms with E-state index in [-0.39, 0.29) is 0 Å². The first-order valence-corrected chi connectivity index (χ1v) is 8.68. The minimum absolute atomic E-state index is 0.488. The number of benzene rings is 1. The molecule has 0 saturated heterocycles. The Labute approximate surface area is 125 Å². The lowest BCUT2D eigenvalue weighted by Gasteiger charge is -2.19. The van der Waals surface area contributed by atoms with Crippen LogP contribution in [0, 0.1) is 0 Å². The summed E-state index contributed by atoms with van der Waals surface area (Å²) in [6.45, 7) is 4.05. The van der Waals surface area contributed by atoms with E-state index in [2.05, 4.69) is 24.6 Å². The van der Waals surface area contributed by atoms with Crippen molar-refractivity contribution in [3.05, 3.63) is 28.3 Å². The molecule has 2 rings (SSSR count). The van der Waals surface area contributed by atoms with Gasteiger partial charge in [0.1, 0.15) is 5.75 Å². The van der Waals surface area contributed by atoms with Crippen LogP contribution in [-0.2, 0) is 12.8 Å². The molecule has 0 amide bonds. The predicted molar refractivity (Wildman–Crippen MR) is 84.8 cm³/mol. The average Bonchev–Trinajstić information content (AvgIpc) is 2.84. The second-order valence-corrected chi connectivity index (χ2v) is 6.31. The zero-order valence-corrected chi connectivity index (χ0v) is 13.2. The SMILES string of the molecule is CCCNC(CSC)Cc1cc(Cl)cc2c1OCC2. The summed E-state index contributed by atoms with van der Waals surface area (Å²) >= 11 is 8.09. The molecule has 19 heavy (non-hydrogen) atoms. The van der Waals surface area contributed by atoms with Crippen molar-refractivity contribution in [1.82, 2.24) is 5.32 Å². The molecule has 106 valence electrons. The molecule has 1 aromatic rings. The van der Waals surface area contributed by atoms with Crippen molar-refractivity contribution in [2.24, 2.45) is 0 Å². The highest BCUT2D eigenvalue weighted by Gasteiger charge is 2.19. The molecule has 1 atom stereocenters. The molecule has 0 bridgehead atoms. The minimum atomic E-state index is 0.488. The van der Waals surface area contributed by atoms with Crippen molar-refractivity contribution in [3.8, 4) is 5.75 Å². The molecule has 0 radical (unpaired) electrons. The van der Waals surface area contributed by atoms with Gasteiger partial charge >= 0.3 is 0 Å². The van der Waals surface area contributed by atoms with Gasteiger partial charge in [0.2, 0.25) is 0 Å². The topological polar surface area (TPSA) is 21.3 Å². The van der Waals surface area contributed by atoms with E-state index in [1.165, 1.54) is 11.1 Å². The largest absolute Gasteiger partial charge is 0.493 e. The molecule has 1 aliphatic heterocycles. The summed E-state index contributed by atoms with van der Waals surface area (Å²) in [6.07, 6.45) is 5.29. The van der Waals surface area contributed by atoms with E-state index >= 15 is 0 Å². The van der Waals surface area contributed by atoms with Crippen molar-refractivity contribution < 1.29 is 4.74 Å². The maximum Gasteiger partial charge on any atom is 0.125 e. The Morgan fingerprint density at radius 1 is 1.47 bits per heavy atom. The summed E-state index contributed by atoms with van der Waals surface area (Å²) in [5.74, 6) is 2.19. The van der Waals surface area contributed by atoms with Crippen LogP contribution < -0.4 is 10.1 Å². The van der Waals surface area contributed by atoms with Crippen molar-refractivity contribution in [1.29, 1.82) is 0 Å². The Hall–Kier alpha value is -0.380. The summed E-state index contributed by atoms with van der Waals surface area (Å²) in [4.78, 5) is 0. The molecular weight excluding hydrogens is 278 g/mol. The Balaban J connectivity index is 2.12. The summed E-state index contributed by atoms with van der Waals surface area (Å²) in [7, 11) is 0. The zero-order chi connectivity index (χ0) is 13.7. The molecule has 1 aliphatic rings. The van der Waals surface area contributed by atoms with Gasteiger partial charge in [-0.3, -0.25) is 0 Å². The Kier molecular flexibility index (Phi) is 5.86. The molecule has 1 aromatic carbocycles. The van der Waals surface area contributed by atoms with Gasteiger partial charge in [0.25, 0.3) is 0 Å². The molecular formula is C15H22ClNOS. The molecule has 0 aromatic heterocycles. The first-order valence-electron chi connectivity index (χ1n) is 6.91. The van der Waals surface area contributed by atoms with Crippen LogP contribution in [0.1, 0.15) is 24.5 Å². The van der Waals surface area contributed by atoms with Gasteiger partial charge in [-0.2, -0.15) is 11.8 Å². The standard InChI is InChI=1S/C15H22ClNOS/c1-3-5-17-14(10-19-2)9-12-8-13(16)7-11-4-6-18-15(11)12/h7-8,14,17H,3-6,9-10H2,1-2H3. The molecule has 1 unspecified atom stereocenters. The van der Waals surface area contributed by atoms with E-state index in [1.807, 2.05) is 17.8 Å². The van der Waals surface area contributed by atoms with Gasteiger partial charge in [0, 0.05) is 23.2 Å². The molecule has 0 saturated carbocycles. The van der Waals surface area contributed by atoms with E-state index in [0.29, 0.717) is 6.04 Å². The number of hydrogen-bond acceptors (Lipinski definition) is 3. The predicted octanol–water partition coefficient (Wildman–Crippen LogP) is 3.55. The van der Waals surface area contributed by atoms with Gasteiger partial charge in [0.05, 0.1) is 6.61 Å². The number of nitrogens with one attached hydrogen (secondary N) is 1. The third-order valence-electron chi connectivity index (χ3n) is 3.34. The molecule has 0 aliphatic carbocycles. The fourth-order valence-electron chi connectivity index (χ4n) is 2.50. The summed E-state index contributed by atoms with van der Waals surface area (Å²) in [5.41, 5.74) is 2.52. The van der Waals surface area contributed by atoms with Crippen molar-refractivity contribution in [3.63, 3.8) is 0 Å². The highest BCUT2D eigenvalue weighted by molar-refractivity contribution is 7.98. The third kappa shape index (κ3) is 4.04. The first kappa shape index (κ1) is 15.0. The third-order valence-corrected chi connectivity index (χ3v) is 4.30. The quantitative estimate of drug-likeness (QED) is 0.832. The number of hydrogen-bond donors (Lipinski definition) is 1. The maximum absolute atomic E-state index is 6.21. The summed E-state index contributed by atoms with van der Waals surface area (Å²) in [5, 5.41) is 4.44. The fraction of sp³-hybridized carbons (Fsp3) is 0.600.